The third-order valence-corrected chi connectivity index (χ3v) is 6.81. The smallest absolute Gasteiger partial charge is 0.000209 e. The average molecular weight is 390 g/mol. The molecule has 0 spiro atoms. The number of hydrogen-bond acceptors (Lipinski definition) is 0. The predicted molar refractivity (Wildman–Crippen MR) is 98.5 cm³/mol. The van der Waals surface area contributed by atoms with Crippen LogP contribution in [0, 0.1) is 23.7 Å². The van der Waals surface area contributed by atoms with Crippen LogP contribution in [-0.4, -0.2) is 4.43 Å². The maximum Gasteiger partial charge on any atom is -0.000209 e. The zero-order chi connectivity index (χ0) is 14.2. The van der Waals surface area contributed by atoms with Crippen LogP contribution in [0.2, 0.25) is 0 Å². The number of hydrogen-bond donors (Lipinski definition) is 0. The van der Waals surface area contributed by atoms with Crippen molar-refractivity contribution in [3.05, 3.63) is 0 Å². The maximum absolute atomic E-state index is 2.55. The topological polar surface area (TPSA) is 0 Å². The van der Waals surface area contributed by atoms with Gasteiger partial charge in [-0.2, -0.15) is 0 Å². The van der Waals surface area contributed by atoms with Crippen molar-refractivity contribution >= 4 is 22.6 Å². The van der Waals surface area contributed by atoms with Gasteiger partial charge in [-0.3, -0.25) is 0 Å². The van der Waals surface area contributed by atoms with Crippen LogP contribution in [0.4, 0.5) is 0 Å². The molecule has 118 valence electrons. The summed E-state index contributed by atoms with van der Waals surface area (Å²) in [6, 6.07) is 0. The Bertz CT molecular complexity index is 234. The van der Waals surface area contributed by atoms with Gasteiger partial charge in [0.05, 0.1) is 0 Å². The van der Waals surface area contributed by atoms with Crippen molar-refractivity contribution < 1.29 is 0 Å². The van der Waals surface area contributed by atoms with E-state index in [1.807, 2.05) is 0 Å². The Balaban J connectivity index is 1.62. The van der Waals surface area contributed by atoms with Gasteiger partial charge in [0, 0.05) is 0 Å². The van der Waals surface area contributed by atoms with Crippen LogP contribution in [0.25, 0.3) is 0 Å². The Morgan fingerprint density at radius 3 is 1.65 bits per heavy atom. The molecular formula is C19H35I. The van der Waals surface area contributed by atoms with Crippen LogP contribution < -0.4 is 0 Å². The van der Waals surface area contributed by atoms with Crippen LogP contribution in [0.3, 0.4) is 0 Å². The van der Waals surface area contributed by atoms with E-state index in [9.17, 15) is 0 Å². The van der Waals surface area contributed by atoms with Crippen molar-refractivity contribution in [1.29, 1.82) is 0 Å². The number of rotatable bonds is 7. The molecule has 0 aliphatic heterocycles. The van der Waals surface area contributed by atoms with Crippen molar-refractivity contribution in [3.8, 4) is 0 Å². The molecule has 0 nitrogen and oxygen atoms in total. The standard InChI is InChI=1S/C19H35I/c1-2-3-4-5-16-6-10-18(11-7-16)19-12-8-17(9-13-19)14-15-20/h16-19H,2-15H2,1H3. The van der Waals surface area contributed by atoms with E-state index < -0.39 is 0 Å². The van der Waals surface area contributed by atoms with Gasteiger partial charge in [0.15, 0.2) is 0 Å². The quantitative estimate of drug-likeness (QED) is 0.249. The Morgan fingerprint density at radius 2 is 1.20 bits per heavy atom. The Hall–Kier alpha value is 0.730. The molecule has 2 aliphatic rings. The lowest BCUT2D eigenvalue weighted by Gasteiger charge is -2.38. The fourth-order valence-electron chi connectivity index (χ4n) is 4.73. The van der Waals surface area contributed by atoms with Gasteiger partial charge in [0.1, 0.15) is 0 Å². The monoisotopic (exact) mass is 390 g/mol. The highest BCUT2D eigenvalue weighted by Gasteiger charge is 2.30. The van der Waals surface area contributed by atoms with E-state index in [4.69, 9.17) is 0 Å². The summed E-state index contributed by atoms with van der Waals surface area (Å²) in [6.07, 6.45) is 19.8. The molecule has 0 aromatic carbocycles. The fourth-order valence-corrected chi connectivity index (χ4v) is 5.61. The van der Waals surface area contributed by atoms with Gasteiger partial charge < -0.3 is 0 Å². The van der Waals surface area contributed by atoms with Gasteiger partial charge in [-0.15, -0.1) is 0 Å². The van der Waals surface area contributed by atoms with Gasteiger partial charge >= 0.3 is 0 Å². The van der Waals surface area contributed by atoms with Crippen molar-refractivity contribution in [2.24, 2.45) is 23.7 Å². The zero-order valence-electron chi connectivity index (χ0n) is 13.6. The Morgan fingerprint density at radius 1 is 0.700 bits per heavy atom. The largest absolute Gasteiger partial charge is 0.0864 e. The molecule has 0 unspecified atom stereocenters. The van der Waals surface area contributed by atoms with Crippen LogP contribution in [-0.2, 0) is 0 Å². The van der Waals surface area contributed by atoms with Gasteiger partial charge in [-0.25, -0.2) is 0 Å². The first-order valence-electron chi connectivity index (χ1n) is 9.39. The molecule has 2 aliphatic carbocycles. The third kappa shape index (κ3) is 5.50. The van der Waals surface area contributed by atoms with Crippen LogP contribution >= 0.6 is 22.6 Å². The zero-order valence-corrected chi connectivity index (χ0v) is 15.7. The van der Waals surface area contributed by atoms with Crippen LogP contribution in [0.15, 0.2) is 0 Å². The summed E-state index contributed by atoms with van der Waals surface area (Å²) in [6.45, 7) is 2.32. The summed E-state index contributed by atoms with van der Waals surface area (Å²) in [5.74, 6) is 4.39. The summed E-state index contributed by atoms with van der Waals surface area (Å²) in [5.41, 5.74) is 0. The van der Waals surface area contributed by atoms with E-state index in [-0.39, 0.29) is 0 Å². The summed E-state index contributed by atoms with van der Waals surface area (Å²) in [5, 5.41) is 0. The molecule has 2 saturated carbocycles. The molecular weight excluding hydrogens is 355 g/mol. The molecule has 0 N–H and O–H groups in total. The second-order valence-corrected chi connectivity index (χ2v) is 8.61. The van der Waals surface area contributed by atoms with Crippen molar-refractivity contribution in [1.82, 2.24) is 0 Å². The average Bonchev–Trinajstić information content (AvgIpc) is 2.49. The van der Waals surface area contributed by atoms with Crippen molar-refractivity contribution in [2.75, 3.05) is 4.43 Å². The van der Waals surface area contributed by atoms with Gasteiger partial charge in [0.2, 0.25) is 0 Å². The minimum atomic E-state index is 1.08. The van der Waals surface area contributed by atoms with E-state index in [0.717, 1.165) is 23.7 Å². The Kier molecular flexibility index (Phi) is 8.28. The first-order valence-corrected chi connectivity index (χ1v) is 10.9. The molecule has 2 rings (SSSR count). The number of halogens is 1. The first-order chi connectivity index (χ1) is 9.83. The number of unbranched alkanes of at least 4 members (excludes halogenated alkanes) is 2. The summed E-state index contributed by atoms with van der Waals surface area (Å²) in [4.78, 5) is 0. The lowest BCUT2D eigenvalue weighted by Crippen LogP contribution is -2.26. The molecule has 0 bridgehead atoms. The molecule has 0 atom stereocenters. The summed E-state index contributed by atoms with van der Waals surface area (Å²) in [7, 11) is 0. The molecule has 0 aromatic rings. The lowest BCUT2D eigenvalue weighted by atomic mass is 9.68. The maximum atomic E-state index is 2.55. The fraction of sp³-hybridized carbons (Fsp3) is 1.00. The molecule has 20 heavy (non-hydrogen) atoms. The normalized spacial score (nSPS) is 35.1. The van der Waals surface area contributed by atoms with E-state index in [0.29, 0.717) is 0 Å². The molecule has 1 heteroatoms. The molecule has 0 saturated heterocycles. The molecule has 0 amide bonds. The third-order valence-electron chi connectivity index (χ3n) is 6.18. The van der Waals surface area contributed by atoms with E-state index >= 15 is 0 Å². The molecule has 2 fully saturated rings. The van der Waals surface area contributed by atoms with Gasteiger partial charge in [-0.1, -0.05) is 80.9 Å². The van der Waals surface area contributed by atoms with Crippen molar-refractivity contribution in [3.63, 3.8) is 0 Å². The first kappa shape index (κ1) is 17.1. The SMILES string of the molecule is CCCCCC1CCC(C2CCC(CCI)CC2)CC1. The lowest BCUT2D eigenvalue weighted by molar-refractivity contribution is 0.142. The van der Waals surface area contributed by atoms with Gasteiger partial charge in [0.25, 0.3) is 0 Å². The highest BCUT2D eigenvalue weighted by molar-refractivity contribution is 14.1. The van der Waals surface area contributed by atoms with E-state index in [2.05, 4.69) is 29.5 Å². The molecule has 0 aromatic heterocycles. The van der Waals surface area contributed by atoms with E-state index in [1.165, 1.54) is 36.5 Å². The second kappa shape index (κ2) is 9.69. The summed E-state index contributed by atoms with van der Waals surface area (Å²) >= 11 is 2.55. The number of alkyl halides is 1. The van der Waals surface area contributed by atoms with Crippen LogP contribution in [0.5, 0.6) is 0 Å². The minimum absolute atomic E-state index is 1.08. The van der Waals surface area contributed by atoms with Gasteiger partial charge in [-0.05, 0) is 60.2 Å². The highest BCUT2D eigenvalue weighted by Crippen LogP contribution is 2.42. The minimum Gasteiger partial charge on any atom is -0.0864 e. The Labute approximate surface area is 141 Å². The molecule has 0 heterocycles. The summed E-state index contributed by atoms with van der Waals surface area (Å²) < 4.78 is 1.37. The van der Waals surface area contributed by atoms with E-state index in [1.54, 1.807) is 51.4 Å². The predicted octanol–water partition coefficient (Wildman–Crippen LogP) is 7.00. The van der Waals surface area contributed by atoms with Crippen LogP contribution in [0.1, 0.15) is 90.4 Å². The highest BCUT2D eigenvalue weighted by atomic mass is 127. The molecule has 0 radical (unpaired) electrons. The van der Waals surface area contributed by atoms with Crippen molar-refractivity contribution in [2.45, 2.75) is 90.4 Å². The second-order valence-electron chi connectivity index (χ2n) is 7.54.